The van der Waals surface area contributed by atoms with E-state index in [4.69, 9.17) is 4.74 Å². The van der Waals surface area contributed by atoms with Gasteiger partial charge in [0.15, 0.2) is 0 Å². The molecule has 0 bridgehead atoms. The number of imide groups is 1. The molecule has 3 aromatic rings. The van der Waals surface area contributed by atoms with Crippen LogP contribution < -0.4 is 20.3 Å². The van der Waals surface area contributed by atoms with Gasteiger partial charge in [0, 0.05) is 12.6 Å². The zero-order valence-electron chi connectivity index (χ0n) is 18.5. The van der Waals surface area contributed by atoms with Gasteiger partial charge in [-0.2, -0.15) is 0 Å². The van der Waals surface area contributed by atoms with Crippen molar-refractivity contribution in [2.24, 2.45) is 0 Å². The highest BCUT2D eigenvalue weighted by Gasteiger charge is 2.40. The van der Waals surface area contributed by atoms with Gasteiger partial charge in [0.1, 0.15) is 11.4 Å². The Labute approximate surface area is 191 Å². The number of anilines is 3. The molecule has 1 heterocycles. The molecule has 7 heteroatoms. The predicted molar refractivity (Wildman–Crippen MR) is 128 cm³/mol. The van der Waals surface area contributed by atoms with Crippen molar-refractivity contribution in [3.63, 3.8) is 0 Å². The van der Waals surface area contributed by atoms with E-state index in [1.54, 1.807) is 54.6 Å². The summed E-state index contributed by atoms with van der Waals surface area (Å²) in [7, 11) is 1.54. The third-order valence-electron chi connectivity index (χ3n) is 5.20. The lowest BCUT2D eigenvalue weighted by Crippen LogP contribution is -2.32. The van der Waals surface area contributed by atoms with Crippen molar-refractivity contribution < 1.29 is 19.1 Å². The minimum absolute atomic E-state index is 0.151. The van der Waals surface area contributed by atoms with Gasteiger partial charge < -0.3 is 15.4 Å². The van der Waals surface area contributed by atoms with Gasteiger partial charge in [-0.15, -0.1) is 0 Å². The molecule has 0 saturated carbocycles. The van der Waals surface area contributed by atoms with E-state index in [0.29, 0.717) is 28.4 Å². The van der Waals surface area contributed by atoms with Crippen molar-refractivity contribution in [2.75, 3.05) is 22.6 Å². The summed E-state index contributed by atoms with van der Waals surface area (Å²) in [5.74, 6) is -0.550. The number of ether oxygens (including phenoxy) is 1. The SMILES string of the molecule is COc1ccccc1NC1=C(c2ccc(NC(C)=O)cc2)C(=O)N(c2cccc(C)c2)C1=O. The number of methoxy groups -OCH3 is 1. The van der Waals surface area contributed by atoms with Gasteiger partial charge in [-0.1, -0.05) is 36.4 Å². The first kappa shape index (κ1) is 21.8. The molecule has 0 saturated heterocycles. The summed E-state index contributed by atoms with van der Waals surface area (Å²) in [6, 6.07) is 21.2. The molecule has 3 aromatic carbocycles. The van der Waals surface area contributed by atoms with E-state index in [0.717, 1.165) is 5.56 Å². The van der Waals surface area contributed by atoms with Crippen LogP contribution >= 0.6 is 0 Å². The van der Waals surface area contributed by atoms with Crippen LogP contribution in [0.5, 0.6) is 5.75 Å². The quantitative estimate of drug-likeness (QED) is 0.555. The molecule has 4 rings (SSSR count). The Morgan fingerprint density at radius 3 is 2.30 bits per heavy atom. The lowest BCUT2D eigenvalue weighted by molar-refractivity contribution is -0.120. The number of amides is 3. The number of rotatable bonds is 6. The monoisotopic (exact) mass is 441 g/mol. The highest BCUT2D eigenvalue weighted by Crippen LogP contribution is 2.36. The summed E-state index contributed by atoms with van der Waals surface area (Å²) in [5.41, 5.74) is 3.53. The van der Waals surface area contributed by atoms with Crippen molar-refractivity contribution in [1.82, 2.24) is 0 Å². The van der Waals surface area contributed by atoms with Crippen LogP contribution in [-0.2, 0) is 14.4 Å². The second-order valence-electron chi connectivity index (χ2n) is 7.62. The van der Waals surface area contributed by atoms with Gasteiger partial charge in [-0.25, -0.2) is 4.90 Å². The second kappa shape index (κ2) is 9.00. The number of carbonyl (C=O) groups is 3. The van der Waals surface area contributed by atoms with Crippen LogP contribution in [0.4, 0.5) is 17.1 Å². The minimum atomic E-state index is -0.461. The number of nitrogens with one attached hydrogen (secondary N) is 2. The van der Waals surface area contributed by atoms with E-state index in [9.17, 15) is 14.4 Å². The predicted octanol–water partition coefficient (Wildman–Crippen LogP) is 4.36. The minimum Gasteiger partial charge on any atom is -0.495 e. The van der Waals surface area contributed by atoms with Gasteiger partial charge in [0.25, 0.3) is 11.8 Å². The molecule has 2 N–H and O–H groups in total. The topological polar surface area (TPSA) is 87.7 Å². The molecule has 7 nitrogen and oxygen atoms in total. The summed E-state index contributed by atoms with van der Waals surface area (Å²) >= 11 is 0. The Kier molecular flexibility index (Phi) is 5.95. The lowest BCUT2D eigenvalue weighted by atomic mass is 10.0. The Morgan fingerprint density at radius 2 is 1.64 bits per heavy atom. The van der Waals surface area contributed by atoms with Crippen LogP contribution in [0, 0.1) is 6.92 Å². The molecule has 3 amide bonds. The summed E-state index contributed by atoms with van der Waals surface area (Å²) in [4.78, 5) is 39.6. The third-order valence-corrected chi connectivity index (χ3v) is 5.20. The fourth-order valence-electron chi connectivity index (χ4n) is 3.72. The van der Waals surface area contributed by atoms with Gasteiger partial charge in [0.05, 0.1) is 24.1 Å². The first-order chi connectivity index (χ1) is 15.9. The maximum Gasteiger partial charge on any atom is 0.282 e. The molecule has 0 unspecified atom stereocenters. The number of aryl methyl sites for hydroxylation is 1. The Bertz CT molecular complexity index is 1280. The highest BCUT2D eigenvalue weighted by molar-refractivity contribution is 6.46. The zero-order valence-corrected chi connectivity index (χ0v) is 18.5. The smallest absolute Gasteiger partial charge is 0.282 e. The van der Waals surface area contributed by atoms with Crippen LogP contribution in [0.2, 0.25) is 0 Å². The zero-order chi connectivity index (χ0) is 23.5. The summed E-state index contributed by atoms with van der Waals surface area (Å²) < 4.78 is 5.40. The van der Waals surface area contributed by atoms with Crippen LogP contribution in [0.1, 0.15) is 18.1 Å². The number of hydrogen-bond acceptors (Lipinski definition) is 5. The van der Waals surface area contributed by atoms with E-state index in [1.807, 2.05) is 25.1 Å². The van der Waals surface area contributed by atoms with Crippen molar-refractivity contribution in [1.29, 1.82) is 0 Å². The molecular formula is C26H23N3O4. The van der Waals surface area contributed by atoms with Crippen molar-refractivity contribution in [3.8, 4) is 5.75 Å². The molecule has 1 aliphatic rings. The standard InChI is InChI=1S/C26H23N3O4/c1-16-7-6-8-20(15-16)29-25(31)23(18-11-13-19(14-12-18)27-17(2)30)24(26(29)32)28-21-9-4-5-10-22(21)33-3/h4-15,28H,1-3H3,(H,27,30). The van der Waals surface area contributed by atoms with E-state index >= 15 is 0 Å². The van der Waals surface area contributed by atoms with E-state index in [2.05, 4.69) is 10.6 Å². The van der Waals surface area contributed by atoms with E-state index in [1.165, 1.54) is 18.9 Å². The summed E-state index contributed by atoms with van der Waals surface area (Å²) in [6.07, 6.45) is 0. The molecule has 0 aliphatic carbocycles. The molecule has 0 fully saturated rings. The van der Waals surface area contributed by atoms with Gasteiger partial charge >= 0.3 is 0 Å². The molecule has 166 valence electrons. The van der Waals surface area contributed by atoms with Gasteiger partial charge in [0.2, 0.25) is 5.91 Å². The van der Waals surface area contributed by atoms with E-state index < -0.39 is 11.8 Å². The average molecular weight is 441 g/mol. The first-order valence-electron chi connectivity index (χ1n) is 10.4. The van der Waals surface area contributed by atoms with Crippen LogP contribution in [0.15, 0.2) is 78.5 Å². The fraction of sp³-hybridized carbons (Fsp3) is 0.115. The number of hydrogen-bond donors (Lipinski definition) is 2. The lowest BCUT2D eigenvalue weighted by Gasteiger charge is -2.16. The van der Waals surface area contributed by atoms with Gasteiger partial charge in [-0.05, 0) is 54.4 Å². The number of nitrogens with zero attached hydrogens (tertiary/aromatic N) is 1. The van der Waals surface area contributed by atoms with Gasteiger partial charge in [-0.3, -0.25) is 14.4 Å². The van der Waals surface area contributed by atoms with E-state index in [-0.39, 0.29) is 17.2 Å². The molecular weight excluding hydrogens is 418 g/mol. The van der Waals surface area contributed by atoms with Crippen LogP contribution in [0.25, 0.3) is 5.57 Å². The maximum absolute atomic E-state index is 13.6. The van der Waals surface area contributed by atoms with Crippen molar-refractivity contribution in [2.45, 2.75) is 13.8 Å². The molecule has 0 aromatic heterocycles. The maximum atomic E-state index is 13.6. The normalized spacial score (nSPS) is 13.4. The number of benzene rings is 3. The van der Waals surface area contributed by atoms with Crippen molar-refractivity contribution in [3.05, 3.63) is 89.6 Å². The molecule has 0 spiro atoms. The highest BCUT2D eigenvalue weighted by atomic mass is 16.5. The van der Waals surface area contributed by atoms with Crippen LogP contribution in [-0.4, -0.2) is 24.8 Å². The largest absolute Gasteiger partial charge is 0.495 e. The number of para-hydroxylation sites is 2. The van der Waals surface area contributed by atoms with Crippen LogP contribution in [0.3, 0.4) is 0 Å². The fourth-order valence-corrected chi connectivity index (χ4v) is 3.72. The second-order valence-corrected chi connectivity index (χ2v) is 7.62. The average Bonchev–Trinajstić information content (AvgIpc) is 3.03. The molecule has 33 heavy (non-hydrogen) atoms. The Morgan fingerprint density at radius 1 is 0.909 bits per heavy atom. The molecule has 0 radical (unpaired) electrons. The molecule has 0 atom stereocenters. The third kappa shape index (κ3) is 4.34. The number of carbonyl (C=O) groups excluding carboxylic acids is 3. The summed E-state index contributed by atoms with van der Waals surface area (Å²) in [6.45, 7) is 3.32. The Balaban J connectivity index is 1.81. The summed E-state index contributed by atoms with van der Waals surface area (Å²) in [5, 5.41) is 5.82. The molecule has 1 aliphatic heterocycles. The van der Waals surface area contributed by atoms with Crippen molar-refractivity contribution >= 4 is 40.4 Å². The Hall–Kier alpha value is -4.39. The first-order valence-corrected chi connectivity index (χ1v) is 10.4.